The summed E-state index contributed by atoms with van der Waals surface area (Å²) in [6.07, 6.45) is 2.09. The second kappa shape index (κ2) is 7.52. The summed E-state index contributed by atoms with van der Waals surface area (Å²) in [7, 11) is -3.32. The number of nitrogens with one attached hydrogen (secondary N) is 1. The van der Waals surface area contributed by atoms with Gasteiger partial charge < -0.3 is 14.9 Å². The Balaban J connectivity index is 2.30. The van der Waals surface area contributed by atoms with Crippen molar-refractivity contribution in [2.75, 3.05) is 25.5 Å². The van der Waals surface area contributed by atoms with Gasteiger partial charge in [0, 0.05) is 19.0 Å². The summed E-state index contributed by atoms with van der Waals surface area (Å²) in [4.78, 5) is 0. The molecule has 0 bridgehead atoms. The second-order valence-corrected chi connectivity index (χ2v) is 5.90. The minimum absolute atomic E-state index is 0.0600. The summed E-state index contributed by atoms with van der Waals surface area (Å²) in [5.41, 5.74) is 5.23. The summed E-state index contributed by atoms with van der Waals surface area (Å²) >= 11 is 0. The highest BCUT2D eigenvalue weighted by molar-refractivity contribution is 7.89. The molecule has 0 amide bonds. The lowest BCUT2D eigenvalue weighted by Gasteiger charge is -2.13. The van der Waals surface area contributed by atoms with Crippen molar-refractivity contribution in [3.63, 3.8) is 0 Å². The molecule has 0 aliphatic rings. The lowest BCUT2D eigenvalue weighted by atomic mass is 10.2. The Hall–Kier alpha value is -0.890. The molecule has 0 fully saturated rings. The van der Waals surface area contributed by atoms with Gasteiger partial charge in [0.15, 0.2) is 0 Å². The van der Waals surface area contributed by atoms with Crippen LogP contribution in [0.1, 0.15) is 12.7 Å². The van der Waals surface area contributed by atoms with E-state index in [0.29, 0.717) is 19.6 Å². The van der Waals surface area contributed by atoms with Gasteiger partial charge in [0.1, 0.15) is 5.76 Å². The molecule has 3 N–H and O–H groups in total. The summed E-state index contributed by atoms with van der Waals surface area (Å²) < 4.78 is 36.1. The van der Waals surface area contributed by atoms with Crippen molar-refractivity contribution in [1.82, 2.24) is 4.72 Å². The molecule has 1 unspecified atom stereocenters. The molecule has 0 aliphatic heterocycles. The van der Waals surface area contributed by atoms with Gasteiger partial charge >= 0.3 is 0 Å². The zero-order valence-corrected chi connectivity index (χ0v) is 11.3. The van der Waals surface area contributed by atoms with Gasteiger partial charge in [-0.15, -0.1) is 0 Å². The van der Waals surface area contributed by atoms with E-state index in [0.717, 1.165) is 5.76 Å². The van der Waals surface area contributed by atoms with E-state index >= 15 is 0 Å². The Morgan fingerprint density at radius 2 is 2.28 bits per heavy atom. The van der Waals surface area contributed by atoms with Crippen LogP contribution in [0.3, 0.4) is 0 Å². The first kappa shape index (κ1) is 15.2. The van der Waals surface area contributed by atoms with E-state index in [2.05, 4.69) is 4.72 Å². The predicted octanol–water partition coefficient (Wildman–Crippen LogP) is 0.105. The van der Waals surface area contributed by atoms with Crippen molar-refractivity contribution in [3.05, 3.63) is 24.2 Å². The molecule has 7 heteroatoms. The molecular weight excluding hydrogens is 256 g/mol. The van der Waals surface area contributed by atoms with Crippen LogP contribution in [0.2, 0.25) is 0 Å². The van der Waals surface area contributed by atoms with Crippen molar-refractivity contribution in [3.8, 4) is 0 Å². The van der Waals surface area contributed by atoms with Crippen molar-refractivity contribution >= 4 is 10.0 Å². The lowest BCUT2D eigenvalue weighted by Crippen LogP contribution is -2.36. The lowest BCUT2D eigenvalue weighted by molar-refractivity contribution is 0.156. The Bertz CT molecular complexity index is 416. The highest BCUT2D eigenvalue weighted by atomic mass is 32.2. The van der Waals surface area contributed by atoms with Gasteiger partial charge in [-0.25, -0.2) is 13.1 Å². The normalized spacial score (nSPS) is 13.7. The summed E-state index contributed by atoms with van der Waals surface area (Å²) in [6.45, 7) is 2.71. The van der Waals surface area contributed by atoms with E-state index in [1.165, 1.54) is 0 Å². The van der Waals surface area contributed by atoms with Crippen molar-refractivity contribution in [2.45, 2.75) is 19.4 Å². The average molecular weight is 276 g/mol. The summed E-state index contributed by atoms with van der Waals surface area (Å²) in [6, 6.07) is 3.38. The minimum atomic E-state index is -3.32. The van der Waals surface area contributed by atoms with Gasteiger partial charge in [0.2, 0.25) is 10.0 Å². The highest BCUT2D eigenvalue weighted by Gasteiger charge is 2.15. The van der Waals surface area contributed by atoms with E-state index in [9.17, 15) is 8.42 Å². The van der Waals surface area contributed by atoms with Gasteiger partial charge in [0.25, 0.3) is 0 Å². The first-order valence-electron chi connectivity index (χ1n) is 5.83. The number of rotatable bonds is 9. The molecule has 1 atom stereocenters. The topological polar surface area (TPSA) is 94.6 Å². The fourth-order valence-electron chi connectivity index (χ4n) is 1.49. The monoisotopic (exact) mass is 276 g/mol. The molecule has 6 nitrogen and oxygen atoms in total. The molecule has 1 heterocycles. The summed E-state index contributed by atoms with van der Waals surface area (Å²) in [5, 5.41) is 0. The average Bonchev–Trinajstić information content (AvgIpc) is 2.76. The molecule has 0 aliphatic carbocycles. The van der Waals surface area contributed by atoms with E-state index in [-0.39, 0.29) is 18.4 Å². The Morgan fingerprint density at radius 1 is 1.50 bits per heavy atom. The summed E-state index contributed by atoms with van der Waals surface area (Å²) in [5.74, 6) is 0.694. The predicted molar refractivity (Wildman–Crippen MR) is 68.7 cm³/mol. The van der Waals surface area contributed by atoms with Crippen molar-refractivity contribution in [2.24, 2.45) is 5.73 Å². The molecule has 0 aromatic carbocycles. The molecule has 104 valence electrons. The van der Waals surface area contributed by atoms with E-state index in [4.69, 9.17) is 14.9 Å². The molecule has 1 rings (SSSR count). The Morgan fingerprint density at radius 3 is 2.89 bits per heavy atom. The van der Waals surface area contributed by atoms with Crippen LogP contribution in [-0.2, 0) is 21.2 Å². The number of furan rings is 1. The zero-order chi connectivity index (χ0) is 13.4. The van der Waals surface area contributed by atoms with Crippen molar-refractivity contribution in [1.29, 1.82) is 0 Å². The van der Waals surface area contributed by atoms with Crippen LogP contribution in [-0.4, -0.2) is 40.0 Å². The van der Waals surface area contributed by atoms with Crippen LogP contribution < -0.4 is 10.5 Å². The van der Waals surface area contributed by atoms with Gasteiger partial charge in [-0.3, -0.25) is 0 Å². The van der Waals surface area contributed by atoms with Crippen LogP contribution in [0.4, 0.5) is 0 Å². The molecule has 0 radical (unpaired) electrons. The van der Waals surface area contributed by atoms with Crippen molar-refractivity contribution < 1.29 is 17.6 Å². The Kier molecular flexibility index (Phi) is 6.34. The highest BCUT2D eigenvalue weighted by Crippen LogP contribution is 2.04. The molecule has 0 saturated carbocycles. The van der Waals surface area contributed by atoms with E-state index < -0.39 is 10.0 Å². The molecular formula is C11H20N2O4S. The van der Waals surface area contributed by atoms with Gasteiger partial charge in [-0.1, -0.05) is 0 Å². The smallest absolute Gasteiger partial charge is 0.214 e. The minimum Gasteiger partial charge on any atom is -0.469 e. The van der Waals surface area contributed by atoms with Crippen LogP contribution >= 0.6 is 0 Å². The molecule has 1 aromatic rings. The molecule has 0 saturated heterocycles. The van der Waals surface area contributed by atoms with E-state index in [1.54, 1.807) is 19.3 Å². The maximum Gasteiger partial charge on any atom is 0.214 e. The first-order valence-corrected chi connectivity index (χ1v) is 7.49. The third-order valence-electron chi connectivity index (χ3n) is 2.23. The Labute approximate surface area is 108 Å². The van der Waals surface area contributed by atoms with Crippen LogP contribution in [0, 0.1) is 0 Å². The van der Waals surface area contributed by atoms with Crippen LogP contribution in [0.25, 0.3) is 0 Å². The van der Waals surface area contributed by atoms with Gasteiger partial charge in [0.05, 0.1) is 25.2 Å². The second-order valence-electron chi connectivity index (χ2n) is 4.02. The maximum absolute atomic E-state index is 11.7. The standard InChI is InChI=1S/C11H20N2O4S/c1-10(9-11-3-2-5-17-11)13-18(14,15)8-7-16-6-4-12/h2-3,5,10,13H,4,6-9,12H2,1H3. The zero-order valence-electron chi connectivity index (χ0n) is 10.5. The number of hydrogen-bond donors (Lipinski definition) is 2. The molecule has 0 spiro atoms. The van der Waals surface area contributed by atoms with E-state index in [1.807, 2.05) is 6.07 Å². The van der Waals surface area contributed by atoms with Gasteiger partial charge in [-0.05, 0) is 19.1 Å². The molecule has 1 aromatic heterocycles. The number of nitrogens with two attached hydrogens (primary N) is 1. The third-order valence-corrected chi connectivity index (χ3v) is 3.69. The fourth-order valence-corrected chi connectivity index (χ4v) is 2.64. The largest absolute Gasteiger partial charge is 0.469 e. The quantitative estimate of drug-likeness (QED) is 0.624. The van der Waals surface area contributed by atoms with Gasteiger partial charge in [-0.2, -0.15) is 0 Å². The fraction of sp³-hybridized carbons (Fsp3) is 0.636. The maximum atomic E-state index is 11.7. The number of hydrogen-bond acceptors (Lipinski definition) is 5. The van der Waals surface area contributed by atoms with Crippen LogP contribution in [0.5, 0.6) is 0 Å². The molecule has 18 heavy (non-hydrogen) atoms. The SMILES string of the molecule is CC(Cc1ccco1)NS(=O)(=O)CCOCCN. The number of ether oxygens (including phenoxy) is 1. The third kappa shape index (κ3) is 6.15. The number of sulfonamides is 1. The first-order chi connectivity index (χ1) is 8.53. The van der Waals surface area contributed by atoms with Crippen LogP contribution in [0.15, 0.2) is 22.8 Å².